The van der Waals surface area contributed by atoms with E-state index < -0.39 is 5.82 Å². The van der Waals surface area contributed by atoms with E-state index in [9.17, 15) is 9.18 Å². The zero-order chi connectivity index (χ0) is 18.7. The lowest BCUT2D eigenvalue weighted by Gasteiger charge is -2.07. The van der Waals surface area contributed by atoms with Crippen molar-refractivity contribution in [3.05, 3.63) is 57.2 Å². The highest BCUT2D eigenvalue weighted by Gasteiger charge is 2.14. The molecular weight excluding hydrogens is 487 g/mol. The third kappa shape index (κ3) is 4.52. The molecule has 0 atom stereocenters. The first-order valence-electron chi connectivity index (χ1n) is 7.47. The van der Waals surface area contributed by atoms with Crippen LogP contribution in [0.15, 0.2) is 56.6 Å². The average Bonchev–Trinajstić information content (AvgIpc) is 2.97. The molecule has 3 aromatic rings. The van der Waals surface area contributed by atoms with E-state index in [4.69, 9.17) is 0 Å². The van der Waals surface area contributed by atoms with Crippen LogP contribution in [-0.4, -0.2) is 26.4 Å². The summed E-state index contributed by atoms with van der Waals surface area (Å²) < 4.78 is 17.2. The highest BCUT2D eigenvalue weighted by atomic mass is 79.9. The zero-order valence-corrected chi connectivity index (χ0v) is 17.5. The van der Waals surface area contributed by atoms with Gasteiger partial charge in [-0.2, -0.15) is 0 Å². The van der Waals surface area contributed by atoms with Crippen molar-refractivity contribution in [1.82, 2.24) is 14.8 Å². The maximum absolute atomic E-state index is 13.8. The lowest BCUT2D eigenvalue weighted by molar-refractivity contribution is -0.113. The molecule has 0 radical (unpaired) electrons. The van der Waals surface area contributed by atoms with E-state index in [0.29, 0.717) is 15.5 Å². The minimum atomic E-state index is -0.492. The second-order valence-electron chi connectivity index (χ2n) is 5.33. The number of nitrogens with zero attached hydrogens (tertiary/aromatic N) is 3. The summed E-state index contributed by atoms with van der Waals surface area (Å²) in [6.07, 6.45) is 0. The number of thioether (sulfide) groups is 1. The Balaban J connectivity index is 1.64. The second kappa shape index (κ2) is 8.32. The first kappa shape index (κ1) is 19.1. The SMILES string of the molecule is Cn1c(SCC(=O)Nc2ccc(Br)cc2F)nnc1-c1ccc(Br)cc1. The van der Waals surface area contributed by atoms with Crippen LogP contribution in [0, 0.1) is 5.82 Å². The van der Waals surface area contributed by atoms with Crippen molar-refractivity contribution in [3.63, 3.8) is 0 Å². The molecular formula is C17H13Br2FN4OS. The monoisotopic (exact) mass is 498 g/mol. The third-order valence-corrected chi connectivity index (χ3v) is 5.52. The van der Waals surface area contributed by atoms with Gasteiger partial charge in [0.25, 0.3) is 0 Å². The Morgan fingerprint density at radius 1 is 1.15 bits per heavy atom. The first-order valence-corrected chi connectivity index (χ1v) is 10.0. The van der Waals surface area contributed by atoms with Gasteiger partial charge < -0.3 is 9.88 Å². The fourth-order valence-corrected chi connectivity index (χ4v) is 3.51. The number of hydrogen-bond donors (Lipinski definition) is 1. The Kier molecular flexibility index (Phi) is 6.10. The molecule has 0 aliphatic carbocycles. The van der Waals surface area contributed by atoms with Crippen LogP contribution in [0.3, 0.4) is 0 Å². The standard InChI is InChI=1S/C17H13Br2FN4OS/c1-24-16(10-2-4-11(18)5-3-10)22-23-17(24)26-9-15(25)21-14-7-6-12(19)8-13(14)20/h2-8H,9H2,1H3,(H,21,25). The summed E-state index contributed by atoms with van der Waals surface area (Å²) in [6, 6.07) is 12.2. The van der Waals surface area contributed by atoms with Crippen LogP contribution in [0.1, 0.15) is 0 Å². The summed E-state index contributed by atoms with van der Waals surface area (Å²) in [5, 5.41) is 11.5. The summed E-state index contributed by atoms with van der Waals surface area (Å²) >= 11 is 7.82. The molecule has 0 spiro atoms. The fraction of sp³-hybridized carbons (Fsp3) is 0.118. The van der Waals surface area contributed by atoms with Crippen molar-refractivity contribution in [2.24, 2.45) is 7.05 Å². The first-order chi connectivity index (χ1) is 12.4. The van der Waals surface area contributed by atoms with Gasteiger partial charge in [-0.05, 0) is 30.3 Å². The number of aromatic nitrogens is 3. The van der Waals surface area contributed by atoms with Crippen molar-refractivity contribution in [3.8, 4) is 11.4 Å². The van der Waals surface area contributed by atoms with E-state index in [1.165, 1.54) is 23.9 Å². The molecule has 9 heteroatoms. The minimum Gasteiger partial charge on any atom is -0.323 e. The van der Waals surface area contributed by atoms with Gasteiger partial charge in [-0.25, -0.2) is 4.39 Å². The molecule has 0 unspecified atom stereocenters. The largest absolute Gasteiger partial charge is 0.323 e. The highest BCUT2D eigenvalue weighted by Crippen LogP contribution is 2.24. The molecule has 0 bridgehead atoms. The molecule has 1 aromatic heterocycles. The van der Waals surface area contributed by atoms with Gasteiger partial charge in [0, 0.05) is 21.6 Å². The maximum Gasteiger partial charge on any atom is 0.234 e. The average molecular weight is 500 g/mol. The van der Waals surface area contributed by atoms with E-state index in [2.05, 4.69) is 47.4 Å². The number of carbonyl (C=O) groups excluding carboxylic acids is 1. The van der Waals surface area contributed by atoms with Gasteiger partial charge in [-0.1, -0.05) is 55.8 Å². The summed E-state index contributed by atoms with van der Waals surface area (Å²) in [6.45, 7) is 0. The van der Waals surface area contributed by atoms with Gasteiger partial charge in [0.15, 0.2) is 11.0 Å². The van der Waals surface area contributed by atoms with E-state index in [1.807, 2.05) is 35.9 Å². The van der Waals surface area contributed by atoms with Crippen molar-refractivity contribution in [2.75, 3.05) is 11.1 Å². The summed E-state index contributed by atoms with van der Waals surface area (Å²) in [5.41, 5.74) is 1.07. The molecule has 0 fully saturated rings. The molecule has 0 aliphatic heterocycles. The number of hydrogen-bond acceptors (Lipinski definition) is 4. The summed E-state index contributed by atoms with van der Waals surface area (Å²) in [5.74, 6) is -0.000343. The number of anilines is 1. The van der Waals surface area contributed by atoms with Gasteiger partial charge in [0.05, 0.1) is 11.4 Å². The molecule has 3 rings (SSSR count). The molecule has 5 nitrogen and oxygen atoms in total. The van der Waals surface area contributed by atoms with Crippen LogP contribution in [0.4, 0.5) is 10.1 Å². The van der Waals surface area contributed by atoms with Crippen molar-refractivity contribution < 1.29 is 9.18 Å². The Morgan fingerprint density at radius 2 is 1.85 bits per heavy atom. The molecule has 0 aliphatic rings. The van der Waals surface area contributed by atoms with Crippen molar-refractivity contribution in [1.29, 1.82) is 0 Å². The number of rotatable bonds is 5. The fourth-order valence-electron chi connectivity index (χ4n) is 2.20. The number of nitrogens with one attached hydrogen (secondary N) is 1. The quantitative estimate of drug-likeness (QED) is 0.508. The molecule has 2 aromatic carbocycles. The van der Waals surface area contributed by atoms with Gasteiger partial charge in [0.2, 0.25) is 5.91 Å². The normalized spacial score (nSPS) is 10.8. The molecule has 26 heavy (non-hydrogen) atoms. The van der Waals surface area contributed by atoms with Crippen LogP contribution >= 0.6 is 43.6 Å². The van der Waals surface area contributed by atoms with Crippen molar-refractivity contribution in [2.45, 2.75) is 5.16 Å². The second-order valence-corrected chi connectivity index (χ2v) is 8.11. The van der Waals surface area contributed by atoms with E-state index in [1.54, 1.807) is 6.07 Å². The van der Waals surface area contributed by atoms with Crippen LogP contribution in [0.5, 0.6) is 0 Å². The smallest absolute Gasteiger partial charge is 0.234 e. The molecule has 134 valence electrons. The van der Waals surface area contributed by atoms with Gasteiger partial charge in [0.1, 0.15) is 5.82 Å². The molecule has 0 saturated carbocycles. The van der Waals surface area contributed by atoms with E-state index in [0.717, 1.165) is 10.0 Å². The highest BCUT2D eigenvalue weighted by molar-refractivity contribution is 9.10. The predicted molar refractivity (Wildman–Crippen MR) is 108 cm³/mol. The summed E-state index contributed by atoms with van der Waals surface area (Å²) in [7, 11) is 1.84. The number of benzene rings is 2. The number of halogens is 3. The van der Waals surface area contributed by atoms with Gasteiger partial charge >= 0.3 is 0 Å². The molecule has 1 N–H and O–H groups in total. The van der Waals surface area contributed by atoms with Crippen LogP contribution in [0.25, 0.3) is 11.4 Å². The lowest BCUT2D eigenvalue weighted by atomic mass is 10.2. The van der Waals surface area contributed by atoms with Crippen molar-refractivity contribution >= 4 is 55.2 Å². The number of amides is 1. The van der Waals surface area contributed by atoms with Crippen LogP contribution in [-0.2, 0) is 11.8 Å². The van der Waals surface area contributed by atoms with Crippen LogP contribution < -0.4 is 5.32 Å². The number of carbonyl (C=O) groups is 1. The van der Waals surface area contributed by atoms with E-state index in [-0.39, 0.29) is 17.3 Å². The maximum atomic E-state index is 13.8. The third-order valence-electron chi connectivity index (χ3n) is 3.47. The molecule has 1 heterocycles. The Labute approximate surface area is 170 Å². The van der Waals surface area contributed by atoms with E-state index >= 15 is 0 Å². The zero-order valence-electron chi connectivity index (χ0n) is 13.5. The predicted octanol–water partition coefficient (Wildman–Crippen LogP) is 4.88. The topological polar surface area (TPSA) is 59.8 Å². The Morgan fingerprint density at radius 3 is 2.54 bits per heavy atom. The van der Waals surface area contributed by atoms with Crippen LogP contribution in [0.2, 0.25) is 0 Å². The Bertz CT molecular complexity index is 946. The van der Waals surface area contributed by atoms with Gasteiger partial charge in [-0.3, -0.25) is 4.79 Å². The lowest BCUT2D eigenvalue weighted by Crippen LogP contribution is -2.15. The Hall–Kier alpha value is -1.71. The summed E-state index contributed by atoms with van der Waals surface area (Å²) in [4.78, 5) is 12.1. The minimum absolute atomic E-state index is 0.0990. The molecule has 1 amide bonds. The van der Waals surface area contributed by atoms with Gasteiger partial charge in [-0.15, -0.1) is 10.2 Å². The molecule has 0 saturated heterocycles.